The maximum atomic E-state index is 12.2. The van der Waals surface area contributed by atoms with Crippen molar-refractivity contribution in [2.75, 3.05) is 45.7 Å². The Bertz CT molecular complexity index is 480. The van der Waals surface area contributed by atoms with Gasteiger partial charge in [-0.15, -0.1) is 12.4 Å². The van der Waals surface area contributed by atoms with E-state index in [2.05, 4.69) is 29.4 Å². The molecule has 0 fully saturated rings. The molecule has 126 valence electrons. The van der Waals surface area contributed by atoms with E-state index in [9.17, 15) is 4.79 Å². The molecule has 1 rings (SSSR count). The molecule has 5 nitrogen and oxygen atoms in total. The van der Waals surface area contributed by atoms with Crippen molar-refractivity contribution in [3.05, 3.63) is 22.7 Å². The zero-order valence-corrected chi connectivity index (χ0v) is 15.1. The molecule has 1 amide bonds. The Morgan fingerprint density at radius 2 is 1.95 bits per heavy atom. The number of nitrogens with zero attached hydrogens (tertiary/aromatic N) is 1. The molecule has 0 radical (unpaired) electrons. The topological polar surface area (TPSA) is 53.6 Å². The van der Waals surface area contributed by atoms with E-state index in [1.54, 1.807) is 19.2 Å². The van der Waals surface area contributed by atoms with Crippen LogP contribution in [0.1, 0.15) is 24.2 Å². The van der Waals surface area contributed by atoms with Crippen LogP contribution in [0, 0.1) is 0 Å². The van der Waals surface area contributed by atoms with Gasteiger partial charge in [0, 0.05) is 26.2 Å². The third-order valence-corrected chi connectivity index (χ3v) is 3.72. The van der Waals surface area contributed by atoms with E-state index in [0.717, 1.165) is 25.3 Å². The first-order valence-corrected chi connectivity index (χ1v) is 7.50. The van der Waals surface area contributed by atoms with Crippen LogP contribution in [0.4, 0.5) is 5.69 Å². The van der Waals surface area contributed by atoms with E-state index in [0.29, 0.717) is 22.9 Å². The Hall–Kier alpha value is -1.17. The lowest BCUT2D eigenvalue weighted by Crippen LogP contribution is -2.34. The minimum atomic E-state index is -0.177. The number of hydrogen-bond acceptors (Lipinski definition) is 4. The highest BCUT2D eigenvalue weighted by Gasteiger charge is 2.15. The maximum Gasteiger partial charge on any atom is 0.255 e. The third-order valence-electron chi connectivity index (χ3n) is 3.41. The molecular formula is C15H25Cl2N3O2. The maximum absolute atomic E-state index is 12.2. The van der Waals surface area contributed by atoms with Gasteiger partial charge in [0.15, 0.2) is 0 Å². The Balaban J connectivity index is 0.00000441. The van der Waals surface area contributed by atoms with Crippen LogP contribution in [-0.4, -0.2) is 51.1 Å². The predicted molar refractivity (Wildman–Crippen MR) is 94.9 cm³/mol. The molecule has 0 aliphatic carbocycles. The largest absolute Gasteiger partial charge is 0.496 e. The highest BCUT2D eigenvalue weighted by Crippen LogP contribution is 2.30. The first-order chi connectivity index (χ1) is 10.1. The smallest absolute Gasteiger partial charge is 0.255 e. The quantitative estimate of drug-likeness (QED) is 0.757. The number of nitrogens with one attached hydrogen (secondary N) is 2. The lowest BCUT2D eigenvalue weighted by Gasteiger charge is -2.18. The summed E-state index contributed by atoms with van der Waals surface area (Å²) in [5, 5.41) is 6.35. The van der Waals surface area contributed by atoms with Crippen molar-refractivity contribution in [2.45, 2.75) is 13.8 Å². The molecule has 0 unspecified atom stereocenters. The molecule has 0 aliphatic rings. The van der Waals surface area contributed by atoms with Crippen LogP contribution >= 0.6 is 24.0 Å². The van der Waals surface area contributed by atoms with Gasteiger partial charge < -0.3 is 20.3 Å². The number of hydrogen-bond donors (Lipinski definition) is 2. The monoisotopic (exact) mass is 349 g/mol. The van der Waals surface area contributed by atoms with Crippen LogP contribution in [0.5, 0.6) is 5.75 Å². The summed E-state index contributed by atoms with van der Waals surface area (Å²) in [6, 6.07) is 3.35. The highest BCUT2D eigenvalue weighted by atomic mass is 35.5. The van der Waals surface area contributed by atoms with Crippen molar-refractivity contribution in [3.8, 4) is 5.75 Å². The molecule has 7 heteroatoms. The van der Waals surface area contributed by atoms with Crippen LogP contribution in [0.2, 0.25) is 5.02 Å². The van der Waals surface area contributed by atoms with Crippen LogP contribution < -0.4 is 15.4 Å². The lowest BCUT2D eigenvalue weighted by molar-refractivity contribution is 0.0946. The summed E-state index contributed by atoms with van der Waals surface area (Å²) in [5.41, 5.74) is 1.18. The van der Waals surface area contributed by atoms with E-state index in [4.69, 9.17) is 16.3 Å². The van der Waals surface area contributed by atoms with Gasteiger partial charge in [-0.25, -0.2) is 0 Å². The first-order valence-electron chi connectivity index (χ1n) is 7.13. The van der Waals surface area contributed by atoms with Gasteiger partial charge in [-0.2, -0.15) is 0 Å². The van der Waals surface area contributed by atoms with Crippen molar-refractivity contribution in [1.82, 2.24) is 10.2 Å². The fourth-order valence-electron chi connectivity index (χ4n) is 2.05. The van der Waals surface area contributed by atoms with Crippen LogP contribution in [0.3, 0.4) is 0 Å². The number of ether oxygens (including phenoxy) is 1. The molecule has 1 aromatic rings. The molecule has 0 spiro atoms. The SMILES string of the molecule is CCN(CC)CCNC(=O)c1cc(Cl)c(NC)cc1OC.Cl. The fourth-order valence-corrected chi connectivity index (χ4v) is 2.31. The number of anilines is 1. The summed E-state index contributed by atoms with van der Waals surface area (Å²) in [6.07, 6.45) is 0. The number of likely N-dealkylation sites (N-methyl/N-ethyl adjacent to an activating group) is 1. The fraction of sp³-hybridized carbons (Fsp3) is 0.533. The number of halogens is 2. The van der Waals surface area contributed by atoms with E-state index in [1.165, 1.54) is 7.11 Å². The number of amides is 1. The normalized spacial score (nSPS) is 10.1. The van der Waals surface area contributed by atoms with Crippen molar-refractivity contribution in [1.29, 1.82) is 0 Å². The molecule has 2 N–H and O–H groups in total. The summed E-state index contributed by atoms with van der Waals surface area (Å²) in [6.45, 7) is 7.56. The van der Waals surface area contributed by atoms with E-state index in [-0.39, 0.29) is 18.3 Å². The molecule has 1 aromatic carbocycles. The van der Waals surface area contributed by atoms with Crippen molar-refractivity contribution < 1.29 is 9.53 Å². The second kappa shape index (κ2) is 10.5. The Kier molecular flexibility index (Phi) is 9.98. The summed E-state index contributed by atoms with van der Waals surface area (Å²) < 4.78 is 5.26. The van der Waals surface area contributed by atoms with Crippen LogP contribution in [-0.2, 0) is 0 Å². The average Bonchev–Trinajstić information content (AvgIpc) is 2.51. The molecular weight excluding hydrogens is 325 g/mol. The minimum Gasteiger partial charge on any atom is -0.496 e. The van der Waals surface area contributed by atoms with Crippen molar-refractivity contribution in [3.63, 3.8) is 0 Å². The Morgan fingerprint density at radius 3 is 2.45 bits per heavy atom. The second-order valence-electron chi connectivity index (χ2n) is 4.57. The molecule has 22 heavy (non-hydrogen) atoms. The summed E-state index contributed by atoms with van der Waals surface area (Å²) in [7, 11) is 3.31. The number of methoxy groups -OCH3 is 1. The first kappa shape index (κ1) is 20.8. The molecule has 0 aliphatic heterocycles. The van der Waals surface area contributed by atoms with E-state index < -0.39 is 0 Å². The number of benzene rings is 1. The minimum absolute atomic E-state index is 0. The van der Waals surface area contributed by atoms with Gasteiger partial charge in [-0.3, -0.25) is 4.79 Å². The summed E-state index contributed by atoms with van der Waals surface area (Å²) in [5.74, 6) is 0.327. The van der Waals surface area contributed by atoms with Gasteiger partial charge in [0.25, 0.3) is 5.91 Å². The van der Waals surface area contributed by atoms with Gasteiger partial charge in [-0.1, -0.05) is 25.4 Å². The van der Waals surface area contributed by atoms with Gasteiger partial charge in [0.05, 0.1) is 23.4 Å². The predicted octanol–water partition coefficient (Wildman–Crippen LogP) is 2.88. The standard InChI is InChI=1S/C15H24ClN3O2.ClH/c1-5-19(6-2)8-7-18-15(20)11-9-12(16)13(17-3)10-14(11)21-4;/h9-10,17H,5-8H2,1-4H3,(H,18,20);1H. The Morgan fingerprint density at radius 1 is 1.32 bits per heavy atom. The van der Waals surface area contributed by atoms with Gasteiger partial charge in [0.2, 0.25) is 0 Å². The molecule has 0 aromatic heterocycles. The average molecular weight is 350 g/mol. The Labute approximate surface area is 143 Å². The third kappa shape index (κ3) is 5.55. The lowest BCUT2D eigenvalue weighted by atomic mass is 10.1. The van der Waals surface area contributed by atoms with Crippen molar-refractivity contribution in [2.24, 2.45) is 0 Å². The summed E-state index contributed by atoms with van der Waals surface area (Å²) in [4.78, 5) is 14.5. The van der Waals surface area contributed by atoms with Gasteiger partial charge in [0.1, 0.15) is 5.75 Å². The molecule has 0 saturated carbocycles. The van der Waals surface area contributed by atoms with Crippen LogP contribution in [0.25, 0.3) is 0 Å². The zero-order valence-electron chi connectivity index (χ0n) is 13.5. The highest BCUT2D eigenvalue weighted by molar-refractivity contribution is 6.33. The molecule has 0 heterocycles. The number of rotatable bonds is 8. The zero-order chi connectivity index (χ0) is 15.8. The summed E-state index contributed by atoms with van der Waals surface area (Å²) >= 11 is 6.13. The molecule has 0 bridgehead atoms. The van der Waals surface area contributed by atoms with Gasteiger partial charge >= 0.3 is 0 Å². The number of carbonyl (C=O) groups is 1. The molecule has 0 saturated heterocycles. The van der Waals surface area contributed by atoms with Crippen LogP contribution in [0.15, 0.2) is 12.1 Å². The van der Waals surface area contributed by atoms with E-state index in [1.807, 2.05) is 0 Å². The molecule has 0 atom stereocenters. The van der Waals surface area contributed by atoms with Gasteiger partial charge in [-0.05, 0) is 19.2 Å². The van der Waals surface area contributed by atoms with E-state index >= 15 is 0 Å². The number of carbonyl (C=O) groups excluding carboxylic acids is 1. The van der Waals surface area contributed by atoms with Crippen molar-refractivity contribution >= 4 is 35.6 Å². The second-order valence-corrected chi connectivity index (χ2v) is 4.97.